The largest absolute Gasteiger partial charge is 0.309 e. The zero-order chi connectivity index (χ0) is 15.4. The first-order valence-electron chi connectivity index (χ1n) is 6.47. The van der Waals surface area contributed by atoms with E-state index in [2.05, 4.69) is 41.9 Å². The molecule has 0 spiro atoms. The number of halogens is 1. The summed E-state index contributed by atoms with van der Waals surface area (Å²) in [5, 5.41) is 17.6. The molecular weight excluding hydrogens is 350 g/mol. The fourth-order valence-corrected chi connectivity index (χ4v) is 2.17. The van der Waals surface area contributed by atoms with Crippen molar-refractivity contribution < 1.29 is 4.79 Å². The highest BCUT2D eigenvalue weighted by atomic mass is 79.9. The van der Waals surface area contributed by atoms with E-state index < -0.39 is 0 Å². The number of carbonyl (C=O) groups is 1. The molecule has 0 saturated heterocycles. The van der Waals surface area contributed by atoms with Gasteiger partial charge >= 0.3 is 0 Å². The molecular formula is C13H12BrN7O. The van der Waals surface area contributed by atoms with Gasteiger partial charge in [0.15, 0.2) is 0 Å². The Balaban J connectivity index is 1.66. The van der Waals surface area contributed by atoms with Gasteiger partial charge in [-0.2, -0.15) is 5.10 Å². The molecule has 3 aromatic rings. The maximum absolute atomic E-state index is 12.0. The lowest BCUT2D eigenvalue weighted by Gasteiger charge is -2.09. The molecule has 0 bridgehead atoms. The van der Waals surface area contributed by atoms with Gasteiger partial charge in [-0.25, -0.2) is 9.36 Å². The molecule has 9 heteroatoms. The van der Waals surface area contributed by atoms with E-state index >= 15 is 0 Å². The average molecular weight is 362 g/mol. The molecule has 0 atom stereocenters. The molecule has 3 rings (SSSR count). The molecule has 1 aromatic carbocycles. The molecule has 0 fully saturated rings. The van der Waals surface area contributed by atoms with Crippen LogP contribution in [0, 0.1) is 0 Å². The van der Waals surface area contributed by atoms with Gasteiger partial charge in [0, 0.05) is 10.5 Å². The number of aromatic nitrogens is 6. The molecule has 0 saturated carbocycles. The second-order valence-corrected chi connectivity index (χ2v) is 5.47. The Kier molecular flexibility index (Phi) is 4.24. The lowest BCUT2D eigenvalue weighted by atomic mass is 10.2. The van der Waals surface area contributed by atoms with Crippen molar-refractivity contribution >= 4 is 27.7 Å². The number of hydrogen-bond donors (Lipinski definition) is 1. The van der Waals surface area contributed by atoms with Gasteiger partial charge in [-0.15, -0.1) is 5.10 Å². The SMILES string of the molecule is O=C(Cn1cnnn1)Nc1ccnn1Cc1ccc(Br)cc1. The average Bonchev–Trinajstić information content (AvgIpc) is 3.14. The van der Waals surface area contributed by atoms with Gasteiger partial charge in [0.2, 0.25) is 5.91 Å². The van der Waals surface area contributed by atoms with Gasteiger partial charge < -0.3 is 5.32 Å². The quantitative estimate of drug-likeness (QED) is 0.739. The molecule has 0 unspecified atom stereocenters. The Morgan fingerprint density at radius 1 is 1.23 bits per heavy atom. The standard InChI is InChI=1S/C13H12BrN7O/c14-11-3-1-10(2-4-11)7-21-12(5-6-16-21)17-13(22)8-20-9-15-18-19-20/h1-6,9H,7-8H2,(H,17,22). The maximum atomic E-state index is 12.0. The zero-order valence-corrected chi connectivity index (χ0v) is 13.0. The van der Waals surface area contributed by atoms with Crippen LogP contribution < -0.4 is 5.32 Å². The number of benzene rings is 1. The lowest BCUT2D eigenvalue weighted by Crippen LogP contribution is -2.21. The summed E-state index contributed by atoms with van der Waals surface area (Å²) in [4.78, 5) is 12.0. The third-order valence-electron chi connectivity index (χ3n) is 2.93. The van der Waals surface area contributed by atoms with Gasteiger partial charge in [0.05, 0.1) is 12.7 Å². The van der Waals surface area contributed by atoms with Crippen LogP contribution in [0.3, 0.4) is 0 Å². The Morgan fingerprint density at radius 2 is 2.05 bits per heavy atom. The molecule has 8 nitrogen and oxygen atoms in total. The number of nitrogens with zero attached hydrogens (tertiary/aromatic N) is 6. The Bertz CT molecular complexity index is 751. The molecule has 2 aromatic heterocycles. The predicted molar refractivity (Wildman–Crippen MR) is 81.9 cm³/mol. The van der Waals surface area contributed by atoms with E-state index in [4.69, 9.17) is 0 Å². The number of amides is 1. The van der Waals surface area contributed by atoms with Crippen LogP contribution in [-0.4, -0.2) is 35.9 Å². The van der Waals surface area contributed by atoms with Crippen LogP contribution in [0.4, 0.5) is 5.82 Å². The van der Waals surface area contributed by atoms with Crippen molar-refractivity contribution in [3.63, 3.8) is 0 Å². The highest BCUT2D eigenvalue weighted by Gasteiger charge is 2.09. The van der Waals surface area contributed by atoms with Gasteiger partial charge in [0.25, 0.3) is 0 Å². The third kappa shape index (κ3) is 3.55. The van der Waals surface area contributed by atoms with Gasteiger partial charge in [-0.3, -0.25) is 4.79 Å². The van der Waals surface area contributed by atoms with E-state index in [0.717, 1.165) is 10.0 Å². The summed E-state index contributed by atoms with van der Waals surface area (Å²) >= 11 is 3.40. The second kappa shape index (κ2) is 6.48. The van der Waals surface area contributed by atoms with Crippen molar-refractivity contribution in [1.82, 2.24) is 30.0 Å². The highest BCUT2D eigenvalue weighted by Crippen LogP contribution is 2.14. The van der Waals surface area contributed by atoms with Crippen LogP contribution >= 0.6 is 15.9 Å². The minimum Gasteiger partial charge on any atom is -0.309 e. The van der Waals surface area contributed by atoms with Crippen LogP contribution in [0.2, 0.25) is 0 Å². The van der Waals surface area contributed by atoms with E-state index in [1.54, 1.807) is 16.9 Å². The smallest absolute Gasteiger partial charge is 0.247 e. The van der Waals surface area contributed by atoms with Crippen LogP contribution in [-0.2, 0) is 17.9 Å². The monoisotopic (exact) mass is 361 g/mol. The molecule has 0 radical (unpaired) electrons. The first kappa shape index (κ1) is 14.4. The third-order valence-corrected chi connectivity index (χ3v) is 3.46. The van der Waals surface area contributed by atoms with Crippen LogP contribution in [0.15, 0.2) is 47.3 Å². The lowest BCUT2D eigenvalue weighted by molar-refractivity contribution is -0.117. The molecule has 22 heavy (non-hydrogen) atoms. The Hall–Kier alpha value is -2.55. The molecule has 0 aliphatic carbocycles. The number of carbonyl (C=O) groups excluding carboxylic acids is 1. The van der Waals surface area contributed by atoms with Gasteiger partial charge in [0.1, 0.15) is 18.7 Å². The van der Waals surface area contributed by atoms with Crippen molar-refractivity contribution in [1.29, 1.82) is 0 Å². The summed E-state index contributed by atoms with van der Waals surface area (Å²) in [5.74, 6) is 0.408. The number of rotatable bonds is 5. The minimum absolute atomic E-state index is 0.0520. The first-order chi connectivity index (χ1) is 10.7. The summed E-state index contributed by atoms with van der Waals surface area (Å²) in [5.41, 5.74) is 1.09. The second-order valence-electron chi connectivity index (χ2n) is 4.56. The van der Waals surface area contributed by atoms with Crippen molar-refractivity contribution in [2.24, 2.45) is 0 Å². The molecule has 1 amide bonds. The first-order valence-corrected chi connectivity index (χ1v) is 7.27. The summed E-state index contributed by atoms with van der Waals surface area (Å²) in [6, 6.07) is 9.68. The highest BCUT2D eigenvalue weighted by molar-refractivity contribution is 9.10. The Morgan fingerprint density at radius 3 is 2.77 bits per heavy atom. The van der Waals surface area contributed by atoms with Gasteiger partial charge in [-0.1, -0.05) is 28.1 Å². The maximum Gasteiger partial charge on any atom is 0.247 e. The fourth-order valence-electron chi connectivity index (χ4n) is 1.91. The Labute approximate surface area is 134 Å². The predicted octanol–water partition coefficient (Wildman–Crippen LogP) is 1.32. The summed E-state index contributed by atoms with van der Waals surface area (Å²) in [6.07, 6.45) is 3.03. The van der Waals surface area contributed by atoms with E-state index in [0.29, 0.717) is 12.4 Å². The normalized spacial score (nSPS) is 10.6. The van der Waals surface area contributed by atoms with Crippen molar-refractivity contribution in [3.05, 3.63) is 52.9 Å². The summed E-state index contributed by atoms with van der Waals surface area (Å²) in [7, 11) is 0. The van der Waals surface area contributed by atoms with Crippen LogP contribution in [0.25, 0.3) is 0 Å². The van der Waals surface area contributed by atoms with Crippen molar-refractivity contribution in [3.8, 4) is 0 Å². The molecule has 0 aliphatic heterocycles. The molecule has 112 valence electrons. The summed E-state index contributed by atoms with van der Waals surface area (Å²) < 4.78 is 4.09. The number of anilines is 1. The molecule has 1 N–H and O–H groups in total. The molecule has 2 heterocycles. The number of hydrogen-bond acceptors (Lipinski definition) is 5. The van der Waals surface area contributed by atoms with Crippen LogP contribution in [0.5, 0.6) is 0 Å². The fraction of sp³-hybridized carbons (Fsp3) is 0.154. The van der Waals surface area contributed by atoms with E-state index in [1.165, 1.54) is 11.0 Å². The minimum atomic E-state index is -0.218. The van der Waals surface area contributed by atoms with Crippen molar-refractivity contribution in [2.75, 3.05) is 5.32 Å². The van der Waals surface area contributed by atoms with Gasteiger partial charge in [-0.05, 0) is 28.1 Å². The molecule has 0 aliphatic rings. The zero-order valence-electron chi connectivity index (χ0n) is 11.4. The summed E-state index contributed by atoms with van der Waals surface area (Å²) in [6.45, 7) is 0.622. The van der Waals surface area contributed by atoms with E-state index in [1.807, 2.05) is 24.3 Å². The van der Waals surface area contributed by atoms with E-state index in [9.17, 15) is 4.79 Å². The van der Waals surface area contributed by atoms with Crippen molar-refractivity contribution in [2.45, 2.75) is 13.1 Å². The number of nitrogens with one attached hydrogen (secondary N) is 1. The topological polar surface area (TPSA) is 90.5 Å². The van der Waals surface area contributed by atoms with E-state index in [-0.39, 0.29) is 12.5 Å². The van der Waals surface area contributed by atoms with Crippen LogP contribution in [0.1, 0.15) is 5.56 Å². The number of tetrazole rings is 1.